The first-order valence-corrected chi connectivity index (χ1v) is 6.25. The summed E-state index contributed by atoms with van der Waals surface area (Å²) in [6, 6.07) is 15.0. The van der Waals surface area contributed by atoms with Gasteiger partial charge >= 0.3 is 0 Å². The number of halogens is 1. The zero-order chi connectivity index (χ0) is 13.2. The third-order valence-electron chi connectivity index (χ3n) is 3.00. The van der Waals surface area contributed by atoms with E-state index in [-0.39, 0.29) is 0 Å². The molecule has 19 heavy (non-hydrogen) atoms. The van der Waals surface area contributed by atoms with Gasteiger partial charge in [-0.15, -0.1) is 0 Å². The summed E-state index contributed by atoms with van der Waals surface area (Å²) in [6.07, 6.45) is 2.59. The van der Waals surface area contributed by atoms with Gasteiger partial charge in [0.25, 0.3) is 0 Å². The summed E-state index contributed by atoms with van der Waals surface area (Å²) < 4.78 is 0. The Balaban J connectivity index is 2.35. The average molecular weight is 268 g/mol. The summed E-state index contributed by atoms with van der Waals surface area (Å²) in [7, 11) is 0. The quantitative estimate of drug-likeness (QED) is 0.646. The summed E-state index contributed by atoms with van der Waals surface area (Å²) >= 11 is 6.03. The minimum Gasteiger partial charge on any atom is -0.298 e. The van der Waals surface area contributed by atoms with Crippen molar-refractivity contribution in [1.82, 2.24) is 4.98 Å². The molecule has 0 saturated heterocycles. The molecule has 0 aliphatic heterocycles. The molecule has 0 aliphatic rings. The van der Waals surface area contributed by atoms with Gasteiger partial charge < -0.3 is 0 Å². The van der Waals surface area contributed by atoms with Crippen LogP contribution in [-0.2, 0) is 0 Å². The van der Waals surface area contributed by atoms with E-state index < -0.39 is 0 Å². The first kappa shape index (κ1) is 11.9. The molecule has 0 N–H and O–H groups in total. The number of pyridine rings is 1. The second-order valence-corrected chi connectivity index (χ2v) is 4.71. The standard InChI is InChI=1S/C16H10ClNO/c17-14-5-1-3-12(9-14)15-8-11(10-19)7-13-4-2-6-18-16(13)15/h1-10H. The summed E-state index contributed by atoms with van der Waals surface area (Å²) in [5, 5.41) is 1.61. The molecule has 1 heterocycles. The van der Waals surface area contributed by atoms with Crippen LogP contribution in [0.4, 0.5) is 0 Å². The molecule has 0 fully saturated rings. The molecule has 0 radical (unpaired) electrons. The average Bonchev–Trinajstić information content (AvgIpc) is 2.46. The Bertz CT molecular complexity index is 768. The molecule has 1 aromatic heterocycles. The number of fused-ring (bicyclic) bond motifs is 1. The Morgan fingerprint density at radius 1 is 1.05 bits per heavy atom. The van der Waals surface area contributed by atoms with Gasteiger partial charge in [0.15, 0.2) is 0 Å². The smallest absolute Gasteiger partial charge is 0.150 e. The molecule has 3 heteroatoms. The Kier molecular flexibility index (Phi) is 3.02. The molecular weight excluding hydrogens is 258 g/mol. The molecule has 0 spiro atoms. The van der Waals surface area contributed by atoms with Gasteiger partial charge in [0.1, 0.15) is 6.29 Å². The van der Waals surface area contributed by atoms with Crippen LogP contribution in [-0.4, -0.2) is 11.3 Å². The number of benzene rings is 2. The fraction of sp³-hybridized carbons (Fsp3) is 0. The van der Waals surface area contributed by atoms with Crippen molar-refractivity contribution in [3.8, 4) is 11.1 Å². The van der Waals surface area contributed by atoms with E-state index >= 15 is 0 Å². The van der Waals surface area contributed by atoms with Crippen molar-refractivity contribution in [3.05, 3.63) is 65.3 Å². The van der Waals surface area contributed by atoms with Crippen molar-refractivity contribution in [2.75, 3.05) is 0 Å². The lowest BCUT2D eigenvalue weighted by molar-refractivity contribution is 0.112. The summed E-state index contributed by atoms with van der Waals surface area (Å²) in [5.41, 5.74) is 3.38. The SMILES string of the molecule is O=Cc1cc(-c2cccc(Cl)c2)c2ncccc2c1. The monoisotopic (exact) mass is 267 g/mol. The van der Waals surface area contributed by atoms with E-state index in [1.807, 2.05) is 48.5 Å². The third kappa shape index (κ3) is 2.23. The maximum Gasteiger partial charge on any atom is 0.150 e. The van der Waals surface area contributed by atoms with Crippen LogP contribution in [0.3, 0.4) is 0 Å². The van der Waals surface area contributed by atoms with E-state index in [1.54, 1.807) is 6.20 Å². The number of carbonyl (C=O) groups excluding carboxylic acids is 1. The Morgan fingerprint density at radius 2 is 1.95 bits per heavy atom. The van der Waals surface area contributed by atoms with Crippen molar-refractivity contribution < 1.29 is 4.79 Å². The minimum atomic E-state index is 0.635. The summed E-state index contributed by atoms with van der Waals surface area (Å²) in [5.74, 6) is 0. The van der Waals surface area contributed by atoms with Crippen LogP contribution in [0.25, 0.3) is 22.0 Å². The van der Waals surface area contributed by atoms with Gasteiger partial charge in [0.05, 0.1) is 5.52 Å². The first-order valence-electron chi connectivity index (χ1n) is 5.88. The molecule has 0 bridgehead atoms. The number of nitrogens with zero attached hydrogens (tertiary/aromatic N) is 1. The van der Waals surface area contributed by atoms with Crippen molar-refractivity contribution in [2.45, 2.75) is 0 Å². The fourth-order valence-electron chi connectivity index (χ4n) is 2.16. The number of carbonyl (C=O) groups is 1. The van der Waals surface area contributed by atoms with E-state index in [1.165, 1.54) is 0 Å². The van der Waals surface area contributed by atoms with Crippen LogP contribution < -0.4 is 0 Å². The predicted molar refractivity (Wildman–Crippen MR) is 77.6 cm³/mol. The van der Waals surface area contributed by atoms with E-state index in [2.05, 4.69) is 4.98 Å². The number of aldehydes is 1. The van der Waals surface area contributed by atoms with E-state index in [0.717, 1.165) is 28.3 Å². The Hall–Kier alpha value is -2.19. The molecule has 0 aliphatic carbocycles. The number of aromatic nitrogens is 1. The Labute approximate surface area is 115 Å². The lowest BCUT2D eigenvalue weighted by Crippen LogP contribution is -1.88. The van der Waals surface area contributed by atoms with Crippen LogP contribution in [0, 0.1) is 0 Å². The summed E-state index contributed by atoms with van der Waals surface area (Å²) in [4.78, 5) is 15.5. The highest BCUT2D eigenvalue weighted by Gasteiger charge is 2.07. The molecule has 0 unspecified atom stereocenters. The highest BCUT2D eigenvalue weighted by molar-refractivity contribution is 6.30. The topological polar surface area (TPSA) is 30.0 Å². The van der Waals surface area contributed by atoms with Gasteiger partial charge in [-0.05, 0) is 35.9 Å². The van der Waals surface area contributed by atoms with E-state index in [9.17, 15) is 4.79 Å². The zero-order valence-electron chi connectivity index (χ0n) is 10.0. The van der Waals surface area contributed by atoms with Crippen LogP contribution in [0.1, 0.15) is 10.4 Å². The van der Waals surface area contributed by atoms with Crippen molar-refractivity contribution in [2.24, 2.45) is 0 Å². The summed E-state index contributed by atoms with van der Waals surface area (Å²) in [6.45, 7) is 0. The molecule has 2 aromatic carbocycles. The van der Waals surface area contributed by atoms with Gasteiger partial charge in [0.2, 0.25) is 0 Å². The lowest BCUT2D eigenvalue weighted by atomic mass is 9.99. The molecule has 2 nitrogen and oxygen atoms in total. The molecule has 3 rings (SSSR count). The van der Waals surface area contributed by atoms with Crippen LogP contribution in [0.5, 0.6) is 0 Å². The number of hydrogen-bond acceptors (Lipinski definition) is 2. The van der Waals surface area contributed by atoms with Gasteiger partial charge in [-0.2, -0.15) is 0 Å². The normalized spacial score (nSPS) is 10.6. The molecule has 0 atom stereocenters. The van der Waals surface area contributed by atoms with E-state index in [0.29, 0.717) is 10.6 Å². The molecule has 0 amide bonds. The predicted octanol–water partition coefficient (Wildman–Crippen LogP) is 4.37. The van der Waals surface area contributed by atoms with Crippen LogP contribution >= 0.6 is 11.6 Å². The second kappa shape index (κ2) is 4.82. The van der Waals surface area contributed by atoms with Crippen LogP contribution in [0.15, 0.2) is 54.7 Å². The van der Waals surface area contributed by atoms with E-state index in [4.69, 9.17) is 11.6 Å². The first-order chi connectivity index (χ1) is 9.28. The van der Waals surface area contributed by atoms with Gasteiger partial charge in [-0.25, -0.2) is 0 Å². The maximum atomic E-state index is 11.1. The van der Waals surface area contributed by atoms with Crippen molar-refractivity contribution in [1.29, 1.82) is 0 Å². The third-order valence-corrected chi connectivity index (χ3v) is 3.23. The molecular formula is C16H10ClNO. The molecule has 3 aromatic rings. The zero-order valence-corrected chi connectivity index (χ0v) is 10.8. The largest absolute Gasteiger partial charge is 0.298 e. The highest BCUT2D eigenvalue weighted by Crippen LogP contribution is 2.29. The maximum absolute atomic E-state index is 11.1. The molecule has 92 valence electrons. The highest BCUT2D eigenvalue weighted by atomic mass is 35.5. The van der Waals surface area contributed by atoms with Gasteiger partial charge in [0, 0.05) is 27.7 Å². The van der Waals surface area contributed by atoms with Crippen LogP contribution in [0.2, 0.25) is 5.02 Å². The molecule has 0 saturated carbocycles. The van der Waals surface area contributed by atoms with Crippen molar-refractivity contribution in [3.63, 3.8) is 0 Å². The Morgan fingerprint density at radius 3 is 2.74 bits per heavy atom. The van der Waals surface area contributed by atoms with Crippen molar-refractivity contribution >= 4 is 28.8 Å². The van der Waals surface area contributed by atoms with Gasteiger partial charge in [-0.1, -0.05) is 29.8 Å². The fourth-order valence-corrected chi connectivity index (χ4v) is 2.35. The minimum absolute atomic E-state index is 0.635. The lowest BCUT2D eigenvalue weighted by Gasteiger charge is -2.07. The second-order valence-electron chi connectivity index (χ2n) is 4.27. The number of rotatable bonds is 2. The number of hydrogen-bond donors (Lipinski definition) is 0. The van der Waals surface area contributed by atoms with Gasteiger partial charge in [-0.3, -0.25) is 9.78 Å².